The van der Waals surface area contributed by atoms with Crippen molar-refractivity contribution in [2.45, 2.75) is 19.3 Å². The minimum absolute atomic E-state index is 0.147. The number of ether oxygens (including phenoxy) is 2. The largest absolute Gasteiger partial charge is 0.449 e. The minimum Gasteiger partial charge on any atom is -0.449 e. The highest BCUT2D eigenvalue weighted by molar-refractivity contribution is 6.04. The van der Waals surface area contributed by atoms with Crippen molar-refractivity contribution in [3.8, 4) is 67.9 Å². The zero-order chi connectivity index (χ0) is 32.7. The molecule has 0 bridgehead atoms. The molecule has 49 heavy (non-hydrogen) atoms. The van der Waals surface area contributed by atoms with Gasteiger partial charge in [-0.2, -0.15) is 0 Å². The van der Waals surface area contributed by atoms with Crippen molar-refractivity contribution in [2.24, 2.45) is 0 Å². The molecule has 0 N–H and O–H groups in total. The molecular weight excluding hydrogens is 601 g/mol. The van der Waals surface area contributed by atoms with E-state index < -0.39 is 0 Å². The van der Waals surface area contributed by atoms with Crippen LogP contribution in [0.4, 0.5) is 0 Å². The van der Waals surface area contributed by atoms with Crippen LogP contribution in [-0.4, -0.2) is 9.97 Å². The van der Waals surface area contributed by atoms with Gasteiger partial charge >= 0.3 is 0 Å². The maximum Gasteiger partial charge on any atom is 0.177 e. The molecule has 1 aliphatic carbocycles. The predicted molar refractivity (Wildman–Crippen MR) is 198 cm³/mol. The van der Waals surface area contributed by atoms with Crippen molar-refractivity contribution >= 4 is 21.7 Å². The Bertz CT molecular complexity index is 2650. The Morgan fingerprint density at radius 2 is 1.10 bits per heavy atom. The first-order valence-electron chi connectivity index (χ1n) is 16.7. The van der Waals surface area contributed by atoms with Crippen LogP contribution in [0.25, 0.3) is 66.6 Å². The van der Waals surface area contributed by atoms with E-state index in [9.17, 15) is 0 Å². The lowest BCUT2D eigenvalue weighted by molar-refractivity contribution is 0.360. The standard InChI is InChI=1S/C45H30N2O2/c1-45(2)36-22-9-7-17-30(36)35-25-40-41(26-37(35)45)49-43-32(21-12-24-39(43)48-40)29-16-5-6-18-33(29)44-46-38-23-10-8-19-34(38)42(47-44)31-20-11-14-27-13-3-4-15-28(27)31/h3-26H,1-2H3. The smallest absolute Gasteiger partial charge is 0.177 e. The Balaban J connectivity index is 1.13. The first-order valence-corrected chi connectivity index (χ1v) is 16.7. The molecule has 0 fully saturated rings. The summed E-state index contributed by atoms with van der Waals surface area (Å²) in [6.45, 7) is 4.55. The monoisotopic (exact) mass is 630 g/mol. The normalized spacial score (nSPS) is 13.6. The molecule has 0 amide bonds. The van der Waals surface area contributed by atoms with E-state index in [1.165, 1.54) is 27.6 Å². The van der Waals surface area contributed by atoms with Crippen molar-refractivity contribution in [1.29, 1.82) is 0 Å². The third kappa shape index (κ3) is 4.17. The number of benzene rings is 7. The molecular formula is C45H30N2O2. The summed E-state index contributed by atoms with van der Waals surface area (Å²) in [4.78, 5) is 10.5. The van der Waals surface area contributed by atoms with Gasteiger partial charge in [-0.3, -0.25) is 0 Å². The lowest BCUT2D eigenvalue weighted by Crippen LogP contribution is -2.15. The fraction of sp³-hybridized carbons (Fsp3) is 0.0667. The van der Waals surface area contributed by atoms with Crippen LogP contribution in [0.2, 0.25) is 0 Å². The van der Waals surface area contributed by atoms with Crippen molar-refractivity contribution < 1.29 is 9.47 Å². The molecule has 7 aromatic carbocycles. The number of rotatable bonds is 3. The zero-order valence-electron chi connectivity index (χ0n) is 27.1. The van der Waals surface area contributed by atoms with Gasteiger partial charge in [-0.15, -0.1) is 0 Å². The summed E-state index contributed by atoms with van der Waals surface area (Å²) in [5.74, 6) is 3.47. The maximum absolute atomic E-state index is 6.82. The molecule has 2 heterocycles. The van der Waals surface area contributed by atoms with Gasteiger partial charge in [0, 0.05) is 27.5 Å². The van der Waals surface area contributed by atoms with Gasteiger partial charge in [-0.25, -0.2) is 9.97 Å². The predicted octanol–water partition coefficient (Wildman–Crippen LogP) is 12.0. The van der Waals surface area contributed by atoms with Crippen LogP contribution in [0.1, 0.15) is 25.0 Å². The van der Waals surface area contributed by atoms with Crippen LogP contribution >= 0.6 is 0 Å². The van der Waals surface area contributed by atoms with Crippen molar-refractivity contribution in [3.63, 3.8) is 0 Å². The molecule has 4 heteroatoms. The molecule has 2 aliphatic rings. The van der Waals surface area contributed by atoms with E-state index in [1.54, 1.807) is 0 Å². The fourth-order valence-corrected chi connectivity index (χ4v) is 7.76. The van der Waals surface area contributed by atoms with E-state index in [0.717, 1.165) is 55.7 Å². The lowest BCUT2D eigenvalue weighted by atomic mass is 9.82. The average Bonchev–Trinajstić information content (AvgIpc) is 3.37. The van der Waals surface area contributed by atoms with Crippen LogP contribution in [-0.2, 0) is 5.41 Å². The quantitative estimate of drug-likeness (QED) is 0.195. The number of para-hydroxylation sites is 2. The highest BCUT2D eigenvalue weighted by Crippen LogP contribution is 2.56. The van der Waals surface area contributed by atoms with Crippen molar-refractivity contribution in [3.05, 3.63) is 157 Å². The molecule has 0 atom stereocenters. The number of hydrogen-bond donors (Lipinski definition) is 0. The van der Waals surface area contributed by atoms with E-state index in [1.807, 2.05) is 24.3 Å². The van der Waals surface area contributed by atoms with E-state index >= 15 is 0 Å². The number of hydrogen-bond acceptors (Lipinski definition) is 4. The lowest BCUT2D eigenvalue weighted by Gasteiger charge is -2.26. The Kier molecular flexibility index (Phi) is 5.89. The molecule has 10 rings (SSSR count). The summed E-state index contributed by atoms with van der Waals surface area (Å²) in [6.07, 6.45) is 0. The number of nitrogens with zero attached hydrogens (tertiary/aromatic N) is 2. The molecule has 232 valence electrons. The van der Waals surface area contributed by atoms with Gasteiger partial charge in [0.2, 0.25) is 0 Å². The molecule has 0 saturated heterocycles. The second-order valence-corrected chi connectivity index (χ2v) is 13.3. The molecule has 8 aromatic rings. The van der Waals surface area contributed by atoms with Gasteiger partial charge in [0.25, 0.3) is 0 Å². The third-order valence-corrected chi connectivity index (χ3v) is 10.2. The molecule has 0 saturated carbocycles. The Morgan fingerprint density at radius 3 is 2.00 bits per heavy atom. The van der Waals surface area contributed by atoms with Gasteiger partial charge in [-0.1, -0.05) is 135 Å². The minimum atomic E-state index is -0.147. The number of fused-ring (bicyclic) bond motifs is 7. The van der Waals surface area contributed by atoms with Crippen molar-refractivity contribution in [1.82, 2.24) is 9.97 Å². The summed E-state index contributed by atoms with van der Waals surface area (Å²) >= 11 is 0. The van der Waals surface area contributed by atoms with E-state index in [0.29, 0.717) is 17.3 Å². The van der Waals surface area contributed by atoms with Crippen LogP contribution in [0.5, 0.6) is 23.0 Å². The van der Waals surface area contributed by atoms with Gasteiger partial charge in [0.05, 0.1) is 11.2 Å². The van der Waals surface area contributed by atoms with Gasteiger partial charge in [0.1, 0.15) is 0 Å². The molecule has 1 aromatic heterocycles. The molecule has 4 nitrogen and oxygen atoms in total. The summed E-state index contributed by atoms with van der Waals surface area (Å²) in [5.41, 5.74) is 10.6. The molecule has 0 spiro atoms. The first-order chi connectivity index (χ1) is 24.0. The summed E-state index contributed by atoms with van der Waals surface area (Å²) in [7, 11) is 0. The topological polar surface area (TPSA) is 44.2 Å². The van der Waals surface area contributed by atoms with Crippen LogP contribution in [0.3, 0.4) is 0 Å². The Morgan fingerprint density at radius 1 is 0.449 bits per heavy atom. The van der Waals surface area contributed by atoms with Gasteiger partial charge in [-0.05, 0) is 62.9 Å². The first kappa shape index (κ1) is 27.8. The SMILES string of the molecule is CC1(C)c2ccccc2-c2cc3c(cc21)Oc1c(cccc1-c1ccccc1-c1nc(-c2cccc4ccccc24)c2ccccc2n1)O3. The summed E-state index contributed by atoms with van der Waals surface area (Å²) in [6, 6.07) is 50.4. The molecule has 1 aliphatic heterocycles. The molecule has 0 unspecified atom stereocenters. The van der Waals surface area contributed by atoms with Crippen molar-refractivity contribution in [2.75, 3.05) is 0 Å². The Labute approximate surface area is 284 Å². The highest BCUT2D eigenvalue weighted by atomic mass is 16.6. The second-order valence-electron chi connectivity index (χ2n) is 13.3. The van der Waals surface area contributed by atoms with Gasteiger partial charge in [0.15, 0.2) is 28.8 Å². The van der Waals surface area contributed by atoms with Crippen LogP contribution in [0.15, 0.2) is 146 Å². The third-order valence-electron chi connectivity index (χ3n) is 10.2. The summed E-state index contributed by atoms with van der Waals surface area (Å²) in [5, 5.41) is 3.35. The number of aromatic nitrogens is 2. The van der Waals surface area contributed by atoms with E-state index in [4.69, 9.17) is 19.4 Å². The molecule has 0 radical (unpaired) electrons. The second kappa shape index (κ2) is 10.4. The van der Waals surface area contributed by atoms with Crippen LogP contribution in [0, 0.1) is 0 Å². The van der Waals surface area contributed by atoms with E-state index in [2.05, 4.69) is 135 Å². The van der Waals surface area contributed by atoms with Crippen LogP contribution < -0.4 is 9.47 Å². The summed E-state index contributed by atoms with van der Waals surface area (Å²) < 4.78 is 13.4. The van der Waals surface area contributed by atoms with Gasteiger partial charge < -0.3 is 9.47 Å². The zero-order valence-corrected chi connectivity index (χ0v) is 27.1. The fourth-order valence-electron chi connectivity index (χ4n) is 7.76. The maximum atomic E-state index is 6.82. The Hall–Kier alpha value is -6.26. The van der Waals surface area contributed by atoms with E-state index in [-0.39, 0.29) is 5.41 Å². The average molecular weight is 631 g/mol. The highest BCUT2D eigenvalue weighted by Gasteiger charge is 2.37.